The van der Waals surface area contributed by atoms with Crippen LogP contribution in [-0.2, 0) is 17.6 Å². The van der Waals surface area contributed by atoms with Gasteiger partial charge in [0.1, 0.15) is 0 Å². The van der Waals surface area contributed by atoms with Crippen LogP contribution in [0, 0.1) is 5.92 Å². The third-order valence-corrected chi connectivity index (χ3v) is 5.67. The lowest BCUT2D eigenvalue weighted by Gasteiger charge is -2.26. The molecule has 2 N–H and O–H groups in total. The molecule has 1 amide bonds. The molecule has 2 atom stereocenters. The van der Waals surface area contributed by atoms with Crippen molar-refractivity contribution in [2.24, 2.45) is 5.92 Å². The minimum absolute atomic E-state index is 0.0998. The number of amides is 1. The second-order valence-electron chi connectivity index (χ2n) is 6.81. The maximum absolute atomic E-state index is 12.6. The first-order chi connectivity index (χ1) is 11.6. The number of aromatic nitrogens is 1. The van der Waals surface area contributed by atoms with E-state index in [9.17, 15) is 4.79 Å². The van der Waals surface area contributed by atoms with Gasteiger partial charge in [0.2, 0.25) is 5.91 Å². The van der Waals surface area contributed by atoms with E-state index in [1.807, 2.05) is 13.0 Å². The number of aryl methyl sites for hydroxylation is 1. The van der Waals surface area contributed by atoms with Crippen LogP contribution in [0.5, 0.6) is 0 Å². The Bertz CT molecular complexity index is 862. The number of aromatic amines is 1. The molecule has 0 radical (unpaired) electrons. The van der Waals surface area contributed by atoms with Crippen LogP contribution in [-0.4, -0.2) is 16.9 Å². The topological polar surface area (TPSA) is 44.9 Å². The van der Waals surface area contributed by atoms with Gasteiger partial charge in [-0.05, 0) is 56.4 Å². The fraction of sp³-hybridized carbons (Fsp3) is 0.350. The normalized spacial score (nSPS) is 23.0. The maximum atomic E-state index is 12.6. The van der Waals surface area contributed by atoms with Gasteiger partial charge in [-0.1, -0.05) is 39.7 Å². The molecule has 0 saturated heterocycles. The molecule has 0 aliphatic heterocycles. The van der Waals surface area contributed by atoms with Gasteiger partial charge in [-0.25, -0.2) is 0 Å². The number of fused-ring (bicyclic) bond motifs is 3. The smallest absolute Gasteiger partial charge is 0.231 e. The van der Waals surface area contributed by atoms with E-state index in [1.165, 1.54) is 22.2 Å². The largest absolute Gasteiger partial charge is 0.358 e. The highest BCUT2D eigenvalue weighted by Gasteiger charge is 2.26. The van der Waals surface area contributed by atoms with Crippen molar-refractivity contribution in [3.63, 3.8) is 0 Å². The van der Waals surface area contributed by atoms with E-state index in [4.69, 9.17) is 0 Å². The van der Waals surface area contributed by atoms with Crippen LogP contribution in [0.3, 0.4) is 0 Å². The fourth-order valence-corrected chi connectivity index (χ4v) is 4.21. The van der Waals surface area contributed by atoms with E-state index in [2.05, 4.69) is 56.6 Å². The van der Waals surface area contributed by atoms with Crippen molar-refractivity contribution in [1.82, 2.24) is 10.3 Å². The van der Waals surface area contributed by atoms with Crippen molar-refractivity contribution < 1.29 is 4.79 Å². The number of hydrogen-bond acceptors (Lipinski definition) is 1. The van der Waals surface area contributed by atoms with Gasteiger partial charge in [-0.15, -0.1) is 0 Å². The molecular weight excluding hydrogens is 364 g/mol. The van der Waals surface area contributed by atoms with Gasteiger partial charge in [0.15, 0.2) is 0 Å². The number of allylic oxidation sites excluding steroid dienone is 2. The average molecular weight is 385 g/mol. The minimum atomic E-state index is -0.0998. The van der Waals surface area contributed by atoms with Gasteiger partial charge >= 0.3 is 0 Å². The minimum Gasteiger partial charge on any atom is -0.358 e. The SMILES string of the molecule is CC1=CCC=CC1C(=O)NC1CCc2[nH]c3ccc(Br)cc3c2C1. The first kappa shape index (κ1) is 15.7. The Morgan fingerprint density at radius 2 is 2.25 bits per heavy atom. The molecule has 0 bridgehead atoms. The zero-order valence-corrected chi connectivity index (χ0v) is 15.3. The Labute approximate surface area is 150 Å². The maximum Gasteiger partial charge on any atom is 0.231 e. The van der Waals surface area contributed by atoms with E-state index >= 15 is 0 Å². The molecule has 0 spiro atoms. The summed E-state index contributed by atoms with van der Waals surface area (Å²) >= 11 is 3.56. The number of H-pyrrole nitrogens is 1. The zero-order chi connectivity index (χ0) is 16.7. The average Bonchev–Trinajstić information content (AvgIpc) is 2.92. The van der Waals surface area contributed by atoms with Gasteiger partial charge in [-0.2, -0.15) is 0 Å². The summed E-state index contributed by atoms with van der Waals surface area (Å²) in [5, 5.41) is 4.54. The third kappa shape index (κ3) is 2.84. The van der Waals surface area contributed by atoms with Gasteiger partial charge < -0.3 is 10.3 Å². The van der Waals surface area contributed by atoms with Crippen molar-refractivity contribution in [2.45, 2.75) is 38.6 Å². The van der Waals surface area contributed by atoms with E-state index in [-0.39, 0.29) is 17.9 Å². The van der Waals surface area contributed by atoms with Gasteiger partial charge in [0.25, 0.3) is 0 Å². The second-order valence-corrected chi connectivity index (χ2v) is 7.73. The summed E-state index contributed by atoms with van der Waals surface area (Å²) in [4.78, 5) is 16.2. The lowest BCUT2D eigenvalue weighted by Crippen LogP contribution is -2.42. The Kier molecular flexibility index (Phi) is 4.09. The number of hydrogen-bond donors (Lipinski definition) is 2. The highest BCUT2D eigenvalue weighted by atomic mass is 79.9. The van der Waals surface area contributed by atoms with Crippen molar-refractivity contribution >= 4 is 32.7 Å². The summed E-state index contributed by atoms with van der Waals surface area (Å²) in [6.45, 7) is 2.05. The molecule has 2 aliphatic rings. The van der Waals surface area contributed by atoms with Crippen molar-refractivity contribution in [1.29, 1.82) is 0 Å². The molecule has 1 aromatic heterocycles. The summed E-state index contributed by atoms with van der Waals surface area (Å²) in [5.41, 5.74) is 5.02. The van der Waals surface area contributed by atoms with Gasteiger partial charge in [0.05, 0.1) is 5.92 Å². The Balaban J connectivity index is 1.54. The number of benzene rings is 1. The van der Waals surface area contributed by atoms with Crippen molar-refractivity contribution in [3.8, 4) is 0 Å². The van der Waals surface area contributed by atoms with Crippen LogP contribution in [0.15, 0.2) is 46.5 Å². The van der Waals surface area contributed by atoms with Crippen LogP contribution < -0.4 is 5.32 Å². The number of halogens is 1. The molecule has 4 rings (SSSR count). The Morgan fingerprint density at radius 1 is 1.38 bits per heavy atom. The van der Waals surface area contributed by atoms with Crippen LogP contribution in [0.25, 0.3) is 10.9 Å². The van der Waals surface area contributed by atoms with Gasteiger partial charge in [-0.3, -0.25) is 4.79 Å². The van der Waals surface area contributed by atoms with Gasteiger partial charge in [0, 0.05) is 27.1 Å². The summed E-state index contributed by atoms with van der Waals surface area (Å²) in [5.74, 6) is 0.0337. The molecule has 1 heterocycles. The lowest BCUT2D eigenvalue weighted by atomic mass is 9.89. The number of carbonyl (C=O) groups excluding carboxylic acids is 1. The van der Waals surface area contributed by atoms with E-state index < -0.39 is 0 Å². The van der Waals surface area contributed by atoms with E-state index in [1.54, 1.807) is 0 Å². The zero-order valence-electron chi connectivity index (χ0n) is 13.7. The van der Waals surface area contributed by atoms with Crippen LogP contribution in [0.4, 0.5) is 0 Å². The predicted molar refractivity (Wildman–Crippen MR) is 101 cm³/mol. The molecule has 0 saturated carbocycles. The molecule has 4 heteroatoms. The second kappa shape index (κ2) is 6.25. The number of rotatable bonds is 2. The Morgan fingerprint density at radius 3 is 3.08 bits per heavy atom. The van der Waals surface area contributed by atoms with Crippen LogP contribution in [0.2, 0.25) is 0 Å². The Hall–Kier alpha value is -1.81. The highest BCUT2D eigenvalue weighted by Crippen LogP contribution is 2.31. The van der Waals surface area contributed by atoms with Crippen molar-refractivity contribution in [3.05, 3.63) is 57.7 Å². The van der Waals surface area contributed by atoms with Crippen molar-refractivity contribution in [2.75, 3.05) is 0 Å². The van der Waals surface area contributed by atoms with Crippen LogP contribution >= 0.6 is 15.9 Å². The molecule has 2 aromatic rings. The quantitative estimate of drug-likeness (QED) is 0.739. The molecule has 2 aliphatic carbocycles. The first-order valence-corrected chi connectivity index (χ1v) is 9.34. The summed E-state index contributed by atoms with van der Waals surface area (Å²) < 4.78 is 1.09. The fourth-order valence-electron chi connectivity index (χ4n) is 3.84. The molecule has 0 fully saturated rings. The molecule has 124 valence electrons. The third-order valence-electron chi connectivity index (χ3n) is 5.17. The number of carbonyl (C=O) groups is 1. The number of nitrogens with one attached hydrogen (secondary N) is 2. The summed E-state index contributed by atoms with van der Waals surface area (Å²) in [7, 11) is 0. The highest BCUT2D eigenvalue weighted by molar-refractivity contribution is 9.10. The lowest BCUT2D eigenvalue weighted by molar-refractivity contribution is -0.123. The predicted octanol–water partition coefficient (Wildman–Crippen LogP) is 4.43. The first-order valence-electron chi connectivity index (χ1n) is 8.54. The molecule has 24 heavy (non-hydrogen) atoms. The summed E-state index contributed by atoms with van der Waals surface area (Å²) in [6, 6.07) is 6.57. The molecule has 3 nitrogen and oxygen atoms in total. The molecule has 2 unspecified atom stereocenters. The summed E-state index contributed by atoms with van der Waals surface area (Å²) in [6.07, 6.45) is 10.1. The molecule has 1 aromatic carbocycles. The standard InChI is InChI=1S/C20H21BrN2O/c1-12-4-2-3-5-15(12)20(24)22-14-7-9-19-17(11-14)16-10-13(21)6-8-18(16)23-19/h3-6,8,10,14-15,23H,2,7,9,11H2,1H3,(H,22,24). The molecular formula is C20H21BrN2O. The van der Waals surface area contributed by atoms with Crippen LogP contribution in [0.1, 0.15) is 31.0 Å². The van der Waals surface area contributed by atoms with E-state index in [0.717, 1.165) is 35.7 Å². The van der Waals surface area contributed by atoms with E-state index in [0.29, 0.717) is 0 Å². The monoisotopic (exact) mass is 384 g/mol.